The molecular weight excluding hydrogens is 516 g/mol. The molecule has 8 aromatic carbocycles. The van der Waals surface area contributed by atoms with E-state index in [1.807, 2.05) is 0 Å². The summed E-state index contributed by atoms with van der Waals surface area (Å²) < 4.78 is 0. The first-order valence-electron chi connectivity index (χ1n) is 15.0. The summed E-state index contributed by atoms with van der Waals surface area (Å²) in [6.45, 7) is 0. The lowest BCUT2D eigenvalue weighted by atomic mass is 9.67. The van der Waals surface area contributed by atoms with E-state index in [0.29, 0.717) is 0 Å². The predicted molar refractivity (Wildman–Crippen MR) is 182 cm³/mol. The molecule has 0 aliphatic heterocycles. The van der Waals surface area contributed by atoms with Crippen molar-refractivity contribution >= 4 is 32.3 Å². The molecule has 0 atom stereocenters. The Bertz CT molecular complexity index is 2290. The number of hydrogen-bond acceptors (Lipinski definition) is 0. The second-order valence-corrected chi connectivity index (χ2v) is 11.6. The standard InChI is InChI=1S/C43H28/c1-3-16-30(17-4-1)43(31-18-5-2-6-19-31)40-26-14-13-25-37(40)42-36-24-12-11-23-35(36)39(28-41(42)43)38-27-29-15-7-8-20-32(29)33-21-9-10-22-34(33)38/h1-28H. The molecule has 0 bridgehead atoms. The van der Waals surface area contributed by atoms with Crippen molar-refractivity contribution in [3.63, 3.8) is 0 Å². The molecule has 0 heterocycles. The van der Waals surface area contributed by atoms with Gasteiger partial charge >= 0.3 is 0 Å². The van der Waals surface area contributed by atoms with Crippen LogP contribution >= 0.6 is 0 Å². The molecule has 0 radical (unpaired) electrons. The number of fused-ring (bicyclic) bond motifs is 8. The minimum Gasteiger partial charge on any atom is -0.0622 e. The van der Waals surface area contributed by atoms with Crippen molar-refractivity contribution < 1.29 is 0 Å². The molecule has 1 aliphatic rings. The summed E-state index contributed by atoms with van der Waals surface area (Å²) in [5, 5.41) is 7.72. The van der Waals surface area contributed by atoms with Gasteiger partial charge in [0.1, 0.15) is 0 Å². The Labute approximate surface area is 251 Å². The fraction of sp³-hybridized carbons (Fsp3) is 0.0233. The first-order chi connectivity index (χ1) is 21.4. The molecule has 0 aromatic heterocycles. The van der Waals surface area contributed by atoms with Crippen molar-refractivity contribution in [1.82, 2.24) is 0 Å². The molecule has 0 fully saturated rings. The van der Waals surface area contributed by atoms with Gasteiger partial charge in [0.25, 0.3) is 0 Å². The maximum atomic E-state index is 2.52. The Morgan fingerprint density at radius 3 is 1.49 bits per heavy atom. The molecule has 0 N–H and O–H groups in total. The van der Waals surface area contributed by atoms with Crippen LogP contribution in [-0.2, 0) is 5.41 Å². The first-order valence-corrected chi connectivity index (χ1v) is 15.0. The van der Waals surface area contributed by atoms with Gasteiger partial charge in [-0.15, -0.1) is 0 Å². The van der Waals surface area contributed by atoms with Crippen LogP contribution in [0.4, 0.5) is 0 Å². The van der Waals surface area contributed by atoms with Crippen LogP contribution in [0.5, 0.6) is 0 Å². The summed E-state index contributed by atoms with van der Waals surface area (Å²) in [6, 6.07) is 62.8. The van der Waals surface area contributed by atoms with Crippen molar-refractivity contribution in [1.29, 1.82) is 0 Å². The zero-order chi connectivity index (χ0) is 28.4. The van der Waals surface area contributed by atoms with Gasteiger partial charge < -0.3 is 0 Å². The predicted octanol–water partition coefficient (Wildman–Crippen LogP) is 11.2. The molecule has 0 saturated carbocycles. The Kier molecular flexibility index (Phi) is 5.21. The van der Waals surface area contributed by atoms with Crippen molar-refractivity contribution in [3.05, 3.63) is 192 Å². The van der Waals surface area contributed by atoms with E-state index in [-0.39, 0.29) is 0 Å². The minimum atomic E-state index is -0.445. The fourth-order valence-corrected chi connectivity index (χ4v) is 7.80. The molecule has 200 valence electrons. The summed E-state index contributed by atoms with van der Waals surface area (Å²) in [5.41, 5.74) is 10.0. The van der Waals surface area contributed by atoms with Crippen molar-refractivity contribution in [2.75, 3.05) is 0 Å². The van der Waals surface area contributed by atoms with E-state index >= 15 is 0 Å². The van der Waals surface area contributed by atoms with Gasteiger partial charge in [0.2, 0.25) is 0 Å². The van der Waals surface area contributed by atoms with Crippen molar-refractivity contribution in [3.8, 4) is 22.3 Å². The average Bonchev–Trinajstić information content (AvgIpc) is 3.39. The third-order valence-corrected chi connectivity index (χ3v) is 9.52. The average molecular weight is 545 g/mol. The smallest absolute Gasteiger partial charge is 0.0622 e. The summed E-state index contributed by atoms with van der Waals surface area (Å²) >= 11 is 0. The van der Waals surface area contributed by atoms with Crippen LogP contribution in [0.3, 0.4) is 0 Å². The molecule has 9 rings (SSSR count). The zero-order valence-electron chi connectivity index (χ0n) is 23.7. The van der Waals surface area contributed by atoms with E-state index in [2.05, 4.69) is 170 Å². The van der Waals surface area contributed by atoms with Crippen LogP contribution in [0.15, 0.2) is 170 Å². The van der Waals surface area contributed by atoms with E-state index in [1.54, 1.807) is 0 Å². The van der Waals surface area contributed by atoms with Crippen LogP contribution in [0.25, 0.3) is 54.6 Å². The first kappa shape index (κ1) is 24.2. The molecular formula is C43H28. The highest BCUT2D eigenvalue weighted by Gasteiger charge is 2.47. The van der Waals surface area contributed by atoms with Gasteiger partial charge in [-0.25, -0.2) is 0 Å². The number of hydrogen-bond donors (Lipinski definition) is 0. The van der Waals surface area contributed by atoms with E-state index in [9.17, 15) is 0 Å². The Hall–Kier alpha value is -5.46. The van der Waals surface area contributed by atoms with Crippen LogP contribution in [0.2, 0.25) is 0 Å². The summed E-state index contributed by atoms with van der Waals surface area (Å²) in [6.07, 6.45) is 0. The molecule has 0 amide bonds. The van der Waals surface area contributed by atoms with Crippen LogP contribution in [0, 0.1) is 0 Å². The lowest BCUT2D eigenvalue weighted by molar-refractivity contribution is 0.769. The lowest BCUT2D eigenvalue weighted by Crippen LogP contribution is -2.28. The topological polar surface area (TPSA) is 0 Å². The van der Waals surface area contributed by atoms with Gasteiger partial charge in [-0.2, -0.15) is 0 Å². The Balaban J connectivity index is 1.50. The SMILES string of the molecule is c1ccc(C2(c3ccccc3)c3ccccc3-c3c2cc(-c2cc4ccccc4c4ccccc24)c2ccccc32)cc1. The highest BCUT2D eigenvalue weighted by Crippen LogP contribution is 2.59. The monoisotopic (exact) mass is 544 g/mol. The highest BCUT2D eigenvalue weighted by molar-refractivity contribution is 6.18. The van der Waals surface area contributed by atoms with E-state index < -0.39 is 5.41 Å². The van der Waals surface area contributed by atoms with Gasteiger partial charge in [-0.3, -0.25) is 0 Å². The van der Waals surface area contributed by atoms with E-state index in [0.717, 1.165) is 0 Å². The van der Waals surface area contributed by atoms with Crippen LogP contribution < -0.4 is 0 Å². The largest absolute Gasteiger partial charge is 0.0714 e. The third kappa shape index (κ3) is 3.32. The van der Waals surface area contributed by atoms with E-state index in [1.165, 1.54) is 76.8 Å². The second kappa shape index (κ2) is 9.28. The van der Waals surface area contributed by atoms with Gasteiger partial charge in [-0.05, 0) is 89.0 Å². The van der Waals surface area contributed by atoms with Gasteiger partial charge in [0.05, 0.1) is 5.41 Å². The summed E-state index contributed by atoms with van der Waals surface area (Å²) in [5.74, 6) is 0. The molecule has 1 aliphatic carbocycles. The summed E-state index contributed by atoms with van der Waals surface area (Å²) in [4.78, 5) is 0. The lowest BCUT2D eigenvalue weighted by Gasteiger charge is -2.34. The summed E-state index contributed by atoms with van der Waals surface area (Å²) in [7, 11) is 0. The zero-order valence-corrected chi connectivity index (χ0v) is 23.7. The molecule has 0 heteroatoms. The normalized spacial score (nSPS) is 13.3. The maximum Gasteiger partial charge on any atom is 0.0714 e. The molecule has 8 aromatic rings. The van der Waals surface area contributed by atoms with Crippen molar-refractivity contribution in [2.45, 2.75) is 5.41 Å². The second-order valence-electron chi connectivity index (χ2n) is 11.6. The molecule has 0 unspecified atom stereocenters. The number of rotatable bonds is 3. The van der Waals surface area contributed by atoms with Crippen LogP contribution in [-0.4, -0.2) is 0 Å². The fourth-order valence-electron chi connectivity index (χ4n) is 7.80. The minimum absolute atomic E-state index is 0.445. The van der Waals surface area contributed by atoms with Crippen molar-refractivity contribution in [2.24, 2.45) is 0 Å². The molecule has 0 nitrogen and oxygen atoms in total. The van der Waals surface area contributed by atoms with E-state index in [4.69, 9.17) is 0 Å². The highest BCUT2D eigenvalue weighted by atomic mass is 14.5. The quantitative estimate of drug-likeness (QED) is 0.194. The molecule has 43 heavy (non-hydrogen) atoms. The maximum absolute atomic E-state index is 2.52. The Morgan fingerprint density at radius 1 is 0.302 bits per heavy atom. The Morgan fingerprint density at radius 2 is 0.791 bits per heavy atom. The van der Waals surface area contributed by atoms with Crippen LogP contribution in [0.1, 0.15) is 22.3 Å². The van der Waals surface area contributed by atoms with Gasteiger partial charge in [-0.1, -0.05) is 158 Å². The van der Waals surface area contributed by atoms with Gasteiger partial charge in [0.15, 0.2) is 0 Å². The molecule has 0 saturated heterocycles. The van der Waals surface area contributed by atoms with Gasteiger partial charge in [0, 0.05) is 0 Å². The number of benzene rings is 8. The third-order valence-electron chi connectivity index (χ3n) is 9.52. The molecule has 0 spiro atoms.